The first-order chi connectivity index (χ1) is 6.25. The van der Waals surface area contributed by atoms with Crippen LogP contribution in [0.1, 0.15) is 44.9 Å². The van der Waals surface area contributed by atoms with Crippen LogP contribution < -0.4 is 5.73 Å². The van der Waals surface area contributed by atoms with E-state index in [9.17, 15) is 4.79 Å². The number of carbonyl (C=O) groups is 1. The topological polar surface area (TPSA) is 43.1 Å². The second-order valence-corrected chi connectivity index (χ2v) is 4.75. The molecule has 0 saturated heterocycles. The van der Waals surface area contributed by atoms with Crippen molar-refractivity contribution in [2.45, 2.75) is 51.0 Å². The Morgan fingerprint density at radius 1 is 1.31 bits per heavy atom. The molecule has 2 aliphatic carbocycles. The lowest BCUT2D eigenvalue weighted by Crippen LogP contribution is -2.27. The molecule has 0 amide bonds. The molecule has 2 rings (SSSR count). The summed E-state index contributed by atoms with van der Waals surface area (Å²) in [6, 6.07) is 0.174. The van der Waals surface area contributed by atoms with E-state index in [0.29, 0.717) is 24.0 Å². The third kappa shape index (κ3) is 2.53. The molecular weight excluding hydrogens is 162 g/mol. The number of rotatable bonds is 5. The Labute approximate surface area is 79.9 Å². The normalized spacial score (nSPS) is 25.3. The molecule has 1 unspecified atom stereocenters. The van der Waals surface area contributed by atoms with Crippen LogP contribution in [-0.2, 0) is 4.79 Å². The molecule has 2 fully saturated rings. The molecule has 2 aliphatic rings. The van der Waals surface area contributed by atoms with Crippen molar-refractivity contribution in [1.82, 2.24) is 0 Å². The minimum absolute atomic E-state index is 0.174. The zero-order chi connectivity index (χ0) is 9.26. The lowest BCUT2D eigenvalue weighted by Gasteiger charge is -2.24. The summed E-state index contributed by atoms with van der Waals surface area (Å²) in [6.07, 6.45) is 7.80. The highest BCUT2D eigenvalue weighted by atomic mass is 16.1. The zero-order valence-corrected chi connectivity index (χ0v) is 8.17. The predicted molar refractivity (Wildman–Crippen MR) is 52.3 cm³/mol. The van der Waals surface area contributed by atoms with Crippen molar-refractivity contribution in [1.29, 1.82) is 0 Å². The van der Waals surface area contributed by atoms with Crippen LogP contribution in [0.4, 0.5) is 0 Å². The van der Waals surface area contributed by atoms with E-state index in [0.717, 1.165) is 6.42 Å². The molecule has 0 heterocycles. The van der Waals surface area contributed by atoms with E-state index in [2.05, 4.69) is 0 Å². The van der Waals surface area contributed by atoms with Gasteiger partial charge in [-0.15, -0.1) is 0 Å². The second kappa shape index (κ2) is 3.79. The minimum atomic E-state index is 0.174. The highest BCUT2D eigenvalue weighted by Crippen LogP contribution is 2.34. The van der Waals surface area contributed by atoms with Crippen molar-refractivity contribution >= 4 is 5.78 Å². The summed E-state index contributed by atoms with van der Waals surface area (Å²) in [7, 11) is 0. The van der Waals surface area contributed by atoms with Gasteiger partial charge in [-0.25, -0.2) is 0 Å². The van der Waals surface area contributed by atoms with Crippen LogP contribution >= 0.6 is 0 Å². The van der Waals surface area contributed by atoms with Crippen LogP contribution in [0.25, 0.3) is 0 Å². The average Bonchev–Trinajstić information content (AvgIpc) is 2.78. The van der Waals surface area contributed by atoms with Gasteiger partial charge in [-0.1, -0.05) is 19.3 Å². The molecule has 13 heavy (non-hydrogen) atoms. The van der Waals surface area contributed by atoms with E-state index < -0.39 is 0 Å². The minimum Gasteiger partial charge on any atom is -0.327 e. The fourth-order valence-corrected chi connectivity index (χ4v) is 2.06. The molecule has 2 heteroatoms. The van der Waals surface area contributed by atoms with Crippen LogP contribution in [0.2, 0.25) is 0 Å². The van der Waals surface area contributed by atoms with Gasteiger partial charge in [-0.3, -0.25) is 4.79 Å². The van der Waals surface area contributed by atoms with Crippen molar-refractivity contribution < 1.29 is 4.79 Å². The fourth-order valence-electron chi connectivity index (χ4n) is 2.06. The molecule has 0 aromatic carbocycles. The quantitative estimate of drug-likeness (QED) is 0.703. The van der Waals surface area contributed by atoms with Crippen LogP contribution in [0.3, 0.4) is 0 Å². The average molecular weight is 181 g/mol. The lowest BCUT2D eigenvalue weighted by molar-refractivity contribution is -0.120. The molecule has 0 aromatic rings. The van der Waals surface area contributed by atoms with Crippen molar-refractivity contribution in [2.75, 3.05) is 0 Å². The van der Waals surface area contributed by atoms with Gasteiger partial charge in [0.05, 0.1) is 0 Å². The lowest BCUT2D eigenvalue weighted by atomic mass is 9.81. The molecule has 2 saturated carbocycles. The summed E-state index contributed by atoms with van der Waals surface area (Å²) in [5, 5.41) is 0. The van der Waals surface area contributed by atoms with Crippen LogP contribution in [0.5, 0.6) is 0 Å². The van der Waals surface area contributed by atoms with Gasteiger partial charge in [0, 0.05) is 18.9 Å². The molecule has 2 nitrogen and oxygen atoms in total. The molecule has 74 valence electrons. The van der Waals surface area contributed by atoms with Crippen molar-refractivity contribution in [3.05, 3.63) is 0 Å². The highest BCUT2D eigenvalue weighted by Gasteiger charge is 2.30. The van der Waals surface area contributed by atoms with Gasteiger partial charge in [0.1, 0.15) is 5.78 Å². The number of hydrogen-bond acceptors (Lipinski definition) is 2. The maximum Gasteiger partial charge on any atom is 0.134 e. The first-order valence-corrected chi connectivity index (χ1v) is 5.53. The third-order valence-corrected chi connectivity index (χ3v) is 3.43. The summed E-state index contributed by atoms with van der Waals surface area (Å²) in [5.41, 5.74) is 5.89. The number of ketones is 1. The SMILES string of the molecule is NC(CC(=O)CC1CCC1)C1CC1. The van der Waals surface area contributed by atoms with E-state index in [4.69, 9.17) is 5.73 Å². The Balaban J connectivity index is 1.64. The molecule has 0 aromatic heterocycles. The summed E-state index contributed by atoms with van der Waals surface area (Å²) >= 11 is 0. The monoisotopic (exact) mass is 181 g/mol. The van der Waals surface area contributed by atoms with Gasteiger partial charge >= 0.3 is 0 Å². The maximum absolute atomic E-state index is 11.5. The number of nitrogens with two attached hydrogens (primary N) is 1. The molecular formula is C11H19NO. The number of carbonyl (C=O) groups excluding carboxylic acids is 1. The number of hydrogen-bond donors (Lipinski definition) is 1. The van der Waals surface area contributed by atoms with E-state index in [-0.39, 0.29) is 6.04 Å². The standard InChI is InChI=1S/C11H19NO/c12-11(9-4-5-9)7-10(13)6-8-2-1-3-8/h8-9,11H,1-7,12H2. The zero-order valence-electron chi connectivity index (χ0n) is 8.17. The van der Waals surface area contributed by atoms with Crippen LogP contribution in [-0.4, -0.2) is 11.8 Å². The Bertz CT molecular complexity index is 194. The van der Waals surface area contributed by atoms with Gasteiger partial charge in [-0.2, -0.15) is 0 Å². The van der Waals surface area contributed by atoms with Gasteiger partial charge in [0.2, 0.25) is 0 Å². The predicted octanol–water partition coefficient (Wildman–Crippen LogP) is 1.87. The fraction of sp³-hybridized carbons (Fsp3) is 0.909. The molecule has 0 radical (unpaired) electrons. The van der Waals surface area contributed by atoms with Crippen LogP contribution in [0, 0.1) is 11.8 Å². The van der Waals surface area contributed by atoms with Crippen molar-refractivity contribution in [2.24, 2.45) is 17.6 Å². The largest absolute Gasteiger partial charge is 0.327 e. The molecule has 1 atom stereocenters. The first-order valence-electron chi connectivity index (χ1n) is 5.53. The van der Waals surface area contributed by atoms with E-state index in [1.165, 1.54) is 32.1 Å². The first kappa shape index (κ1) is 9.20. The summed E-state index contributed by atoms with van der Waals surface area (Å²) < 4.78 is 0. The third-order valence-electron chi connectivity index (χ3n) is 3.43. The van der Waals surface area contributed by atoms with E-state index in [1.54, 1.807) is 0 Å². The van der Waals surface area contributed by atoms with Crippen molar-refractivity contribution in [3.8, 4) is 0 Å². The second-order valence-electron chi connectivity index (χ2n) is 4.75. The van der Waals surface area contributed by atoms with E-state index in [1.807, 2.05) is 0 Å². The van der Waals surface area contributed by atoms with Gasteiger partial charge in [-0.05, 0) is 24.7 Å². The van der Waals surface area contributed by atoms with E-state index >= 15 is 0 Å². The van der Waals surface area contributed by atoms with Gasteiger partial charge in [0.15, 0.2) is 0 Å². The van der Waals surface area contributed by atoms with Gasteiger partial charge < -0.3 is 5.73 Å². The van der Waals surface area contributed by atoms with Crippen molar-refractivity contribution in [3.63, 3.8) is 0 Å². The summed E-state index contributed by atoms with van der Waals surface area (Å²) in [5.74, 6) is 1.79. The summed E-state index contributed by atoms with van der Waals surface area (Å²) in [4.78, 5) is 11.5. The highest BCUT2D eigenvalue weighted by molar-refractivity contribution is 5.79. The molecule has 0 bridgehead atoms. The summed E-state index contributed by atoms with van der Waals surface area (Å²) in [6.45, 7) is 0. The molecule has 0 aliphatic heterocycles. The molecule has 2 N–H and O–H groups in total. The molecule has 0 spiro atoms. The smallest absolute Gasteiger partial charge is 0.134 e. The Hall–Kier alpha value is -0.370. The maximum atomic E-state index is 11.5. The Morgan fingerprint density at radius 2 is 2.00 bits per heavy atom. The van der Waals surface area contributed by atoms with Gasteiger partial charge in [0.25, 0.3) is 0 Å². The number of Topliss-reactive ketones (excluding diaryl/α,β-unsaturated/α-hetero) is 1. The Kier molecular flexibility index (Phi) is 2.68. The Morgan fingerprint density at radius 3 is 2.46 bits per heavy atom. The van der Waals surface area contributed by atoms with Crippen LogP contribution in [0.15, 0.2) is 0 Å².